The Balaban J connectivity index is 1.96. The summed E-state index contributed by atoms with van der Waals surface area (Å²) in [4.78, 5) is 14.1. The zero-order chi connectivity index (χ0) is 13.9. The number of rotatable bonds is 0. The predicted octanol–water partition coefficient (Wildman–Crippen LogP) is 3.49. The van der Waals surface area contributed by atoms with Crippen LogP contribution in [0.3, 0.4) is 0 Å². The van der Waals surface area contributed by atoms with E-state index >= 15 is 0 Å². The Hall–Kier alpha value is -2.07. The number of para-hydroxylation sites is 1. The molecule has 3 nitrogen and oxygen atoms in total. The predicted molar refractivity (Wildman–Crippen MR) is 76.1 cm³/mol. The van der Waals surface area contributed by atoms with Crippen LogP contribution in [0.2, 0.25) is 5.02 Å². The molecular weight excluding hydrogens is 279 g/mol. The smallest absolute Gasteiger partial charge is 0.247 e. The molecule has 5 heteroatoms. The van der Waals surface area contributed by atoms with Gasteiger partial charge in [-0.1, -0.05) is 29.8 Å². The van der Waals surface area contributed by atoms with E-state index in [1.54, 1.807) is 0 Å². The summed E-state index contributed by atoms with van der Waals surface area (Å²) < 4.78 is 13.8. The monoisotopic (exact) mass is 288 g/mol. The lowest BCUT2D eigenvalue weighted by molar-refractivity contribution is -0.117. The number of nitrogens with one attached hydrogen (secondary N) is 1. The van der Waals surface area contributed by atoms with Crippen molar-refractivity contribution in [3.05, 3.63) is 52.8 Å². The van der Waals surface area contributed by atoms with Gasteiger partial charge in [-0.25, -0.2) is 4.39 Å². The lowest BCUT2D eigenvalue weighted by Crippen LogP contribution is -2.43. The van der Waals surface area contributed by atoms with E-state index in [1.165, 1.54) is 12.1 Å². The third-order valence-corrected chi connectivity index (χ3v) is 4.12. The second-order valence-electron chi connectivity index (χ2n) is 4.99. The molecule has 1 amide bonds. The molecule has 2 heterocycles. The van der Waals surface area contributed by atoms with E-state index < -0.39 is 5.82 Å². The molecule has 0 saturated carbocycles. The average molecular weight is 289 g/mol. The van der Waals surface area contributed by atoms with E-state index in [4.69, 9.17) is 11.6 Å². The summed E-state index contributed by atoms with van der Waals surface area (Å²) in [5.74, 6) is -0.568. The van der Waals surface area contributed by atoms with Crippen LogP contribution in [0.4, 0.5) is 21.5 Å². The molecule has 4 rings (SSSR count). The molecule has 2 aromatic rings. The van der Waals surface area contributed by atoms with Crippen LogP contribution in [0, 0.1) is 5.82 Å². The van der Waals surface area contributed by atoms with E-state index in [1.807, 2.05) is 29.2 Å². The summed E-state index contributed by atoms with van der Waals surface area (Å²) in [6.45, 7) is 0. The van der Waals surface area contributed by atoms with Gasteiger partial charge in [0.2, 0.25) is 5.91 Å². The molecule has 0 bridgehead atoms. The molecule has 0 aromatic heterocycles. The highest BCUT2D eigenvalue weighted by Gasteiger charge is 2.40. The van der Waals surface area contributed by atoms with E-state index in [0.29, 0.717) is 17.8 Å². The number of amides is 1. The molecular formula is C15H10ClFN2O. The lowest BCUT2D eigenvalue weighted by Gasteiger charge is -2.33. The van der Waals surface area contributed by atoms with Crippen LogP contribution in [0.15, 0.2) is 36.4 Å². The fourth-order valence-electron chi connectivity index (χ4n) is 2.95. The van der Waals surface area contributed by atoms with Gasteiger partial charge >= 0.3 is 0 Å². The van der Waals surface area contributed by atoms with Gasteiger partial charge in [-0.05, 0) is 17.7 Å². The topological polar surface area (TPSA) is 32.3 Å². The summed E-state index contributed by atoms with van der Waals surface area (Å²) in [5, 5.41) is 2.81. The van der Waals surface area contributed by atoms with Crippen molar-refractivity contribution < 1.29 is 9.18 Å². The number of benzene rings is 2. The highest BCUT2D eigenvalue weighted by Crippen LogP contribution is 2.45. The largest absolute Gasteiger partial charge is 0.327 e. The molecule has 0 aliphatic carbocycles. The van der Waals surface area contributed by atoms with Crippen molar-refractivity contribution in [1.29, 1.82) is 0 Å². The molecule has 1 unspecified atom stereocenters. The van der Waals surface area contributed by atoms with Crippen molar-refractivity contribution in [3.8, 4) is 0 Å². The molecule has 0 radical (unpaired) electrons. The first-order valence-corrected chi connectivity index (χ1v) is 6.70. The van der Waals surface area contributed by atoms with Crippen LogP contribution in [-0.4, -0.2) is 11.9 Å². The Kier molecular flexibility index (Phi) is 2.32. The summed E-state index contributed by atoms with van der Waals surface area (Å²) in [7, 11) is 0. The van der Waals surface area contributed by atoms with Crippen molar-refractivity contribution in [2.24, 2.45) is 0 Å². The van der Waals surface area contributed by atoms with Crippen molar-refractivity contribution in [2.75, 3.05) is 10.2 Å². The average Bonchev–Trinajstić information content (AvgIpc) is 2.82. The van der Waals surface area contributed by atoms with Gasteiger partial charge in [0.1, 0.15) is 11.9 Å². The second-order valence-corrected chi connectivity index (χ2v) is 5.40. The van der Waals surface area contributed by atoms with Gasteiger partial charge < -0.3 is 10.2 Å². The minimum atomic E-state index is -0.482. The third-order valence-electron chi connectivity index (χ3n) is 3.83. The Morgan fingerprint density at radius 3 is 2.90 bits per heavy atom. The Morgan fingerprint density at radius 2 is 2.05 bits per heavy atom. The van der Waals surface area contributed by atoms with E-state index in [-0.39, 0.29) is 17.0 Å². The fraction of sp³-hybridized carbons (Fsp3) is 0.133. The second kappa shape index (κ2) is 3.96. The lowest BCUT2D eigenvalue weighted by atomic mass is 10.1. The molecule has 0 fully saturated rings. The molecule has 0 saturated heterocycles. The molecule has 0 spiro atoms. The standard InChI is InChI=1S/C15H10ClFN2O/c16-9-6-11-13(7-10(9)17)19-12-4-2-1-3-8(12)5-14(19)15(20)18-11/h1-4,6-7,14H,5H2,(H,18,20). The number of nitrogens with zero attached hydrogens (tertiary/aromatic N) is 1. The quantitative estimate of drug-likeness (QED) is 0.805. The van der Waals surface area contributed by atoms with Crippen molar-refractivity contribution in [2.45, 2.75) is 12.5 Å². The van der Waals surface area contributed by atoms with Crippen LogP contribution < -0.4 is 10.2 Å². The molecule has 2 aliphatic rings. The third kappa shape index (κ3) is 1.48. The summed E-state index contributed by atoms with van der Waals surface area (Å²) in [6.07, 6.45) is 0.631. The molecule has 1 atom stereocenters. The number of anilines is 3. The van der Waals surface area contributed by atoms with Crippen LogP contribution in [0.1, 0.15) is 5.56 Å². The minimum Gasteiger partial charge on any atom is -0.327 e. The van der Waals surface area contributed by atoms with Gasteiger partial charge in [-0.15, -0.1) is 0 Å². The first-order chi connectivity index (χ1) is 9.65. The van der Waals surface area contributed by atoms with Gasteiger partial charge in [-0.3, -0.25) is 4.79 Å². The highest BCUT2D eigenvalue weighted by molar-refractivity contribution is 6.31. The van der Waals surface area contributed by atoms with E-state index in [2.05, 4.69) is 5.32 Å². The molecule has 1 N–H and O–H groups in total. The maximum absolute atomic E-state index is 13.8. The van der Waals surface area contributed by atoms with E-state index in [0.717, 1.165) is 11.3 Å². The van der Waals surface area contributed by atoms with Gasteiger partial charge in [0.05, 0.1) is 16.4 Å². The Bertz CT molecular complexity index is 747. The van der Waals surface area contributed by atoms with Gasteiger partial charge in [0, 0.05) is 18.2 Å². The Labute approximate surface area is 120 Å². The molecule has 2 aliphatic heterocycles. The molecule has 20 heavy (non-hydrogen) atoms. The fourth-order valence-corrected chi connectivity index (χ4v) is 3.11. The first-order valence-electron chi connectivity index (χ1n) is 6.32. The number of carbonyl (C=O) groups excluding carboxylic acids is 1. The minimum absolute atomic E-state index is 0.00924. The SMILES string of the molecule is O=C1Nc2cc(Cl)c(F)cc2N2c3ccccc3CC12. The number of hydrogen-bond donors (Lipinski definition) is 1. The van der Waals surface area contributed by atoms with Crippen LogP contribution >= 0.6 is 11.6 Å². The van der Waals surface area contributed by atoms with Crippen molar-refractivity contribution in [3.63, 3.8) is 0 Å². The van der Waals surface area contributed by atoms with Gasteiger partial charge in [-0.2, -0.15) is 0 Å². The molecule has 2 aromatic carbocycles. The normalized spacial score (nSPS) is 19.2. The first kappa shape index (κ1) is 11.7. The summed E-state index contributed by atoms with van der Waals surface area (Å²) in [5.41, 5.74) is 3.25. The number of fused-ring (bicyclic) bond motifs is 5. The van der Waals surface area contributed by atoms with Crippen LogP contribution in [0.25, 0.3) is 0 Å². The van der Waals surface area contributed by atoms with E-state index in [9.17, 15) is 9.18 Å². The summed E-state index contributed by atoms with van der Waals surface area (Å²) in [6, 6.07) is 10.3. The van der Waals surface area contributed by atoms with Crippen molar-refractivity contribution >= 4 is 34.6 Å². The highest BCUT2D eigenvalue weighted by atomic mass is 35.5. The zero-order valence-electron chi connectivity index (χ0n) is 10.4. The number of carbonyl (C=O) groups is 1. The van der Waals surface area contributed by atoms with Crippen LogP contribution in [-0.2, 0) is 11.2 Å². The summed E-state index contributed by atoms with van der Waals surface area (Å²) >= 11 is 5.79. The Morgan fingerprint density at radius 1 is 1.25 bits per heavy atom. The molecule has 100 valence electrons. The maximum Gasteiger partial charge on any atom is 0.247 e. The number of halogens is 2. The number of hydrogen-bond acceptors (Lipinski definition) is 2. The van der Waals surface area contributed by atoms with Crippen molar-refractivity contribution in [1.82, 2.24) is 0 Å². The van der Waals surface area contributed by atoms with Gasteiger partial charge in [0.25, 0.3) is 0 Å². The maximum atomic E-state index is 13.8. The zero-order valence-corrected chi connectivity index (χ0v) is 11.1. The van der Waals surface area contributed by atoms with Gasteiger partial charge in [0.15, 0.2) is 0 Å². The van der Waals surface area contributed by atoms with Crippen LogP contribution in [0.5, 0.6) is 0 Å².